The number of benzene rings is 1. The van der Waals surface area contributed by atoms with Crippen LogP contribution in [0.5, 0.6) is 0 Å². The summed E-state index contributed by atoms with van der Waals surface area (Å²) in [5.74, 6) is 0. The van der Waals surface area contributed by atoms with Crippen LogP contribution in [0.25, 0.3) is 0 Å². The molecule has 0 saturated heterocycles. The van der Waals surface area contributed by atoms with Gasteiger partial charge in [0.2, 0.25) is 0 Å². The lowest BCUT2D eigenvalue weighted by Crippen LogP contribution is -2.18. The van der Waals surface area contributed by atoms with Crippen molar-refractivity contribution in [3.05, 3.63) is 35.4 Å². The van der Waals surface area contributed by atoms with Crippen molar-refractivity contribution in [3.8, 4) is 0 Å². The molecule has 0 unspecified atom stereocenters. The van der Waals surface area contributed by atoms with Crippen molar-refractivity contribution in [1.29, 1.82) is 0 Å². The summed E-state index contributed by atoms with van der Waals surface area (Å²) in [4.78, 5) is 0. The number of hydrogen-bond acceptors (Lipinski definition) is 2. The highest BCUT2D eigenvalue weighted by molar-refractivity contribution is 9.09. The number of aliphatic hydroxyl groups excluding tert-OH is 1. The molecule has 1 aromatic rings. The molecule has 0 spiro atoms. The van der Waals surface area contributed by atoms with Gasteiger partial charge >= 0.3 is 0 Å². The maximum atomic E-state index is 8.65. The molecule has 0 heterocycles. The fourth-order valence-electron chi connectivity index (χ4n) is 1.38. The first-order valence-electron chi connectivity index (χ1n) is 4.83. The van der Waals surface area contributed by atoms with Crippen LogP contribution in [0.3, 0.4) is 0 Å². The van der Waals surface area contributed by atoms with Gasteiger partial charge in [0.15, 0.2) is 0 Å². The number of nitrogens with one attached hydrogen (secondary N) is 1. The van der Waals surface area contributed by atoms with Crippen LogP contribution in [0.1, 0.15) is 11.1 Å². The second-order valence-corrected chi connectivity index (χ2v) is 3.90. The molecule has 0 aliphatic rings. The van der Waals surface area contributed by atoms with E-state index >= 15 is 0 Å². The van der Waals surface area contributed by atoms with Crippen molar-refractivity contribution in [3.63, 3.8) is 0 Å². The Labute approximate surface area is 93.5 Å². The molecule has 0 bridgehead atoms. The Morgan fingerprint density at radius 2 is 1.93 bits per heavy atom. The zero-order valence-electron chi connectivity index (χ0n) is 8.17. The first-order chi connectivity index (χ1) is 6.88. The number of alkyl halides is 1. The second kappa shape index (κ2) is 6.98. The topological polar surface area (TPSA) is 32.3 Å². The predicted octanol–water partition coefficient (Wildman–Crippen LogP) is 1.71. The molecule has 3 heteroatoms. The summed E-state index contributed by atoms with van der Waals surface area (Å²) in [6.07, 6.45) is 1.05. The lowest BCUT2D eigenvalue weighted by Gasteiger charge is -2.08. The first-order valence-corrected chi connectivity index (χ1v) is 5.95. The highest BCUT2D eigenvalue weighted by Gasteiger charge is 1.99. The van der Waals surface area contributed by atoms with Gasteiger partial charge in [-0.2, -0.15) is 0 Å². The van der Waals surface area contributed by atoms with E-state index in [1.165, 1.54) is 11.1 Å². The van der Waals surface area contributed by atoms with Crippen molar-refractivity contribution >= 4 is 15.9 Å². The highest BCUT2D eigenvalue weighted by atomic mass is 79.9. The van der Waals surface area contributed by atoms with Crippen molar-refractivity contribution in [2.24, 2.45) is 0 Å². The minimum absolute atomic E-state index is 0.195. The molecule has 2 N–H and O–H groups in total. The number of rotatable bonds is 6. The van der Waals surface area contributed by atoms with E-state index in [2.05, 4.69) is 39.4 Å². The third-order valence-electron chi connectivity index (χ3n) is 2.09. The molecule has 1 rings (SSSR count). The van der Waals surface area contributed by atoms with E-state index in [0.29, 0.717) is 6.54 Å². The average Bonchev–Trinajstić information content (AvgIpc) is 2.21. The van der Waals surface area contributed by atoms with E-state index in [0.717, 1.165) is 18.3 Å². The van der Waals surface area contributed by atoms with E-state index in [-0.39, 0.29) is 6.61 Å². The van der Waals surface area contributed by atoms with Gasteiger partial charge in [-0.05, 0) is 17.5 Å². The fraction of sp³-hybridized carbons (Fsp3) is 0.455. The van der Waals surface area contributed by atoms with Crippen molar-refractivity contribution in [2.45, 2.75) is 13.0 Å². The standard InChI is InChI=1S/C11H16BrNO/c12-6-5-10-3-1-2-4-11(10)9-13-7-8-14/h1-4,13-14H,5-9H2. The molecular weight excluding hydrogens is 242 g/mol. The van der Waals surface area contributed by atoms with Crippen LogP contribution in [0.15, 0.2) is 24.3 Å². The number of aliphatic hydroxyl groups is 1. The normalized spacial score (nSPS) is 10.4. The molecule has 1 aromatic carbocycles. The van der Waals surface area contributed by atoms with E-state index in [1.807, 2.05) is 6.07 Å². The molecule has 14 heavy (non-hydrogen) atoms. The third kappa shape index (κ3) is 3.78. The zero-order valence-corrected chi connectivity index (χ0v) is 9.76. The molecule has 0 fully saturated rings. The monoisotopic (exact) mass is 257 g/mol. The van der Waals surface area contributed by atoms with Crippen LogP contribution in [0.4, 0.5) is 0 Å². The van der Waals surface area contributed by atoms with Gasteiger partial charge < -0.3 is 10.4 Å². The molecular formula is C11H16BrNO. The van der Waals surface area contributed by atoms with Crippen molar-refractivity contribution < 1.29 is 5.11 Å². The molecule has 2 nitrogen and oxygen atoms in total. The van der Waals surface area contributed by atoms with Crippen LogP contribution in [0, 0.1) is 0 Å². The molecule has 0 aliphatic heterocycles. The van der Waals surface area contributed by atoms with Gasteiger partial charge in [0.05, 0.1) is 6.61 Å². The smallest absolute Gasteiger partial charge is 0.0556 e. The SMILES string of the molecule is OCCNCc1ccccc1CCBr. The van der Waals surface area contributed by atoms with Gasteiger partial charge in [0, 0.05) is 18.4 Å². The Bertz CT molecular complexity index is 265. The molecule has 0 aromatic heterocycles. The third-order valence-corrected chi connectivity index (χ3v) is 2.48. The highest BCUT2D eigenvalue weighted by Crippen LogP contribution is 2.10. The molecule has 78 valence electrons. The van der Waals surface area contributed by atoms with Gasteiger partial charge in [0.25, 0.3) is 0 Å². The lowest BCUT2D eigenvalue weighted by atomic mass is 10.1. The Morgan fingerprint density at radius 1 is 1.21 bits per heavy atom. The molecule has 0 radical (unpaired) electrons. The average molecular weight is 258 g/mol. The summed E-state index contributed by atoms with van der Waals surface area (Å²) in [6, 6.07) is 8.39. The van der Waals surface area contributed by atoms with E-state index in [9.17, 15) is 0 Å². The maximum absolute atomic E-state index is 8.65. The molecule has 0 aliphatic carbocycles. The molecule has 0 amide bonds. The van der Waals surface area contributed by atoms with Gasteiger partial charge in [-0.25, -0.2) is 0 Å². The van der Waals surface area contributed by atoms with Gasteiger partial charge in [0.1, 0.15) is 0 Å². The van der Waals surface area contributed by atoms with E-state index < -0.39 is 0 Å². The van der Waals surface area contributed by atoms with Gasteiger partial charge in [-0.1, -0.05) is 40.2 Å². The maximum Gasteiger partial charge on any atom is 0.0556 e. The minimum atomic E-state index is 0.195. The Kier molecular flexibility index (Phi) is 5.83. The van der Waals surface area contributed by atoms with Crippen LogP contribution in [0.2, 0.25) is 0 Å². The zero-order chi connectivity index (χ0) is 10.2. The summed E-state index contributed by atoms with van der Waals surface area (Å²) >= 11 is 3.44. The summed E-state index contributed by atoms with van der Waals surface area (Å²) < 4.78 is 0. The largest absolute Gasteiger partial charge is 0.395 e. The summed E-state index contributed by atoms with van der Waals surface area (Å²) in [5.41, 5.74) is 2.69. The van der Waals surface area contributed by atoms with Crippen LogP contribution < -0.4 is 5.32 Å². The van der Waals surface area contributed by atoms with Gasteiger partial charge in [-0.15, -0.1) is 0 Å². The van der Waals surface area contributed by atoms with Crippen LogP contribution in [-0.2, 0) is 13.0 Å². The van der Waals surface area contributed by atoms with Crippen LogP contribution in [-0.4, -0.2) is 23.6 Å². The quantitative estimate of drug-likeness (QED) is 0.601. The summed E-state index contributed by atoms with van der Waals surface area (Å²) in [7, 11) is 0. The number of hydrogen-bond donors (Lipinski definition) is 2. The molecule has 0 saturated carbocycles. The summed E-state index contributed by atoms with van der Waals surface area (Å²) in [5, 5.41) is 12.8. The minimum Gasteiger partial charge on any atom is -0.395 e. The van der Waals surface area contributed by atoms with Gasteiger partial charge in [-0.3, -0.25) is 0 Å². The Morgan fingerprint density at radius 3 is 2.57 bits per heavy atom. The van der Waals surface area contributed by atoms with Crippen molar-refractivity contribution in [2.75, 3.05) is 18.5 Å². The summed E-state index contributed by atoms with van der Waals surface area (Å²) in [6.45, 7) is 1.69. The van der Waals surface area contributed by atoms with Crippen molar-refractivity contribution in [1.82, 2.24) is 5.32 Å². The number of halogens is 1. The lowest BCUT2D eigenvalue weighted by molar-refractivity contribution is 0.292. The Balaban J connectivity index is 2.55. The van der Waals surface area contributed by atoms with Crippen LogP contribution >= 0.6 is 15.9 Å². The molecule has 0 atom stereocenters. The first kappa shape index (κ1) is 11.7. The predicted molar refractivity (Wildman–Crippen MR) is 62.7 cm³/mol. The number of aryl methyl sites for hydroxylation is 1. The Hall–Kier alpha value is -0.380. The van der Waals surface area contributed by atoms with E-state index in [1.54, 1.807) is 0 Å². The van der Waals surface area contributed by atoms with E-state index in [4.69, 9.17) is 5.11 Å². The fourth-order valence-corrected chi connectivity index (χ4v) is 1.80. The second-order valence-electron chi connectivity index (χ2n) is 3.11.